The number of piperazine rings is 1. The number of nitrogens with zero attached hydrogens (tertiary/aromatic N) is 1. The van der Waals surface area contributed by atoms with E-state index >= 15 is 0 Å². The first-order valence-corrected chi connectivity index (χ1v) is 7.52. The van der Waals surface area contributed by atoms with Crippen LogP contribution in [0.25, 0.3) is 0 Å². The molecule has 0 unspecified atom stereocenters. The van der Waals surface area contributed by atoms with Gasteiger partial charge in [-0.2, -0.15) is 0 Å². The van der Waals surface area contributed by atoms with Gasteiger partial charge in [0, 0.05) is 38.3 Å². The van der Waals surface area contributed by atoms with Gasteiger partial charge in [0.15, 0.2) is 0 Å². The molecule has 2 aliphatic rings. The summed E-state index contributed by atoms with van der Waals surface area (Å²) in [5, 5.41) is 6.55. The molecular formula is C14H28N4O. The lowest BCUT2D eigenvalue weighted by Crippen LogP contribution is -2.61. The maximum absolute atomic E-state index is 12.5. The molecule has 0 spiro atoms. The molecule has 1 heterocycles. The summed E-state index contributed by atoms with van der Waals surface area (Å²) in [6.45, 7) is 7.88. The minimum Gasteiger partial charge on any atom is -0.352 e. The van der Waals surface area contributed by atoms with Crippen molar-refractivity contribution >= 4 is 5.91 Å². The largest absolute Gasteiger partial charge is 0.352 e. The van der Waals surface area contributed by atoms with Gasteiger partial charge in [0.25, 0.3) is 0 Å². The van der Waals surface area contributed by atoms with Gasteiger partial charge in [-0.3, -0.25) is 9.69 Å². The van der Waals surface area contributed by atoms with E-state index in [1.165, 1.54) is 0 Å². The van der Waals surface area contributed by atoms with E-state index in [1.54, 1.807) is 0 Å². The first kappa shape index (κ1) is 14.8. The van der Waals surface area contributed by atoms with Crippen LogP contribution in [-0.4, -0.2) is 54.6 Å². The molecule has 1 saturated carbocycles. The van der Waals surface area contributed by atoms with E-state index in [2.05, 4.69) is 15.5 Å². The molecule has 19 heavy (non-hydrogen) atoms. The molecule has 0 radical (unpaired) electrons. The van der Waals surface area contributed by atoms with Crippen molar-refractivity contribution in [2.45, 2.75) is 57.2 Å². The number of rotatable bonds is 3. The lowest BCUT2D eigenvalue weighted by atomic mass is 9.90. The van der Waals surface area contributed by atoms with Gasteiger partial charge in [-0.15, -0.1) is 0 Å². The van der Waals surface area contributed by atoms with Crippen molar-refractivity contribution in [3.8, 4) is 0 Å². The van der Waals surface area contributed by atoms with Gasteiger partial charge in [-0.25, -0.2) is 0 Å². The SMILES string of the molecule is CC(C)(C(=O)NC1CCC(N)CC1)N1CCNCC1. The molecule has 5 heteroatoms. The third-order valence-electron chi connectivity index (χ3n) is 4.57. The minimum atomic E-state index is -0.415. The highest BCUT2D eigenvalue weighted by atomic mass is 16.2. The minimum absolute atomic E-state index is 0.162. The van der Waals surface area contributed by atoms with Crippen molar-refractivity contribution < 1.29 is 4.79 Å². The Morgan fingerprint density at radius 3 is 2.37 bits per heavy atom. The Bertz CT molecular complexity index is 305. The van der Waals surface area contributed by atoms with E-state index in [4.69, 9.17) is 5.73 Å². The molecule has 1 aliphatic carbocycles. The van der Waals surface area contributed by atoms with Crippen LogP contribution in [0.15, 0.2) is 0 Å². The summed E-state index contributed by atoms with van der Waals surface area (Å²) in [5.74, 6) is 0.162. The van der Waals surface area contributed by atoms with Crippen LogP contribution >= 0.6 is 0 Å². The number of amides is 1. The fourth-order valence-corrected chi connectivity index (χ4v) is 2.99. The second-order valence-corrected chi connectivity index (χ2v) is 6.38. The topological polar surface area (TPSA) is 70.4 Å². The molecule has 2 fully saturated rings. The highest BCUT2D eigenvalue weighted by Crippen LogP contribution is 2.20. The van der Waals surface area contributed by atoms with Gasteiger partial charge in [0.1, 0.15) is 0 Å². The highest BCUT2D eigenvalue weighted by molar-refractivity contribution is 5.85. The zero-order chi connectivity index (χ0) is 13.9. The maximum Gasteiger partial charge on any atom is 0.240 e. The summed E-state index contributed by atoms with van der Waals surface area (Å²) in [5.41, 5.74) is 5.49. The number of nitrogens with two attached hydrogens (primary N) is 1. The van der Waals surface area contributed by atoms with Crippen molar-refractivity contribution in [3.05, 3.63) is 0 Å². The molecule has 0 bridgehead atoms. The Morgan fingerprint density at radius 1 is 1.21 bits per heavy atom. The number of carbonyl (C=O) groups is 1. The smallest absolute Gasteiger partial charge is 0.240 e. The zero-order valence-electron chi connectivity index (χ0n) is 12.2. The lowest BCUT2D eigenvalue weighted by Gasteiger charge is -2.41. The summed E-state index contributed by atoms with van der Waals surface area (Å²) in [6, 6.07) is 0.642. The van der Waals surface area contributed by atoms with Gasteiger partial charge in [0.2, 0.25) is 5.91 Å². The van der Waals surface area contributed by atoms with Crippen LogP contribution in [0.5, 0.6) is 0 Å². The Hall–Kier alpha value is -0.650. The van der Waals surface area contributed by atoms with Gasteiger partial charge < -0.3 is 16.4 Å². The molecule has 4 N–H and O–H groups in total. The Kier molecular flexibility index (Phi) is 4.81. The molecular weight excluding hydrogens is 240 g/mol. The predicted octanol–water partition coefficient (Wildman–Crippen LogP) is 0.0563. The van der Waals surface area contributed by atoms with Crippen LogP contribution in [0, 0.1) is 0 Å². The molecule has 1 aliphatic heterocycles. The van der Waals surface area contributed by atoms with E-state index in [0.717, 1.165) is 51.9 Å². The average Bonchev–Trinajstić information content (AvgIpc) is 2.42. The lowest BCUT2D eigenvalue weighted by molar-refractivity contribution is -0.133. The number of nitrogens with one attached hydrogen (secondary N) is 2. The summed E-state index contributed by atoms with van der Waals surface area (Å²) < 4.78 is 0. The van der Waals surface area contributed by atoms with Crippen LogP contribution in [0.4, 0.5) is 0 Å². The molecule has 0 aromatic carbocycles. The second-order valence-electron chi connectivity index (χ2n) is 6.38. The van der Waals surface area contributed by atoms with Crippen molar-refractivity contribution in [1.29, 1.82) is 0 Å². The monoisotopic (exact) mass is 268 g/mol. The average molecular weight is 268 g/mol. The quantitative estimate of drug-likeness (QED) is 0.677. The number of hydrogen-bond acceptors (Lipinski definition) is 4. The fraction of sp³-hybridized carbons (Fsp3) is 0.929. The number of hydrogen-bond donors (Lipinski definition) is 3. The summed E-state index contributed by atoms with van der Waals surface area (Å²) in [7, 11) is 0. The standard InChI is InChI=1S/C14H28N4O/c1-14(2,18-9-7-16-8-10-18)13(19)17-12-5-3-11(15)4-6-12/h11-12,16H,3-10,15H2,1-2H3,(H,17,19). The van der Waals surface area contributed by atoms with Crippen molar-refractivity contribution in [1.82, 2.24) is 15.5 Å². The summed E-state index contributed by atoms with van der Waals surface area (Å²) >= 11 is 0. The van der Waals surface area contributed by atoms with Crippen molar-refractivity contribution in [2.75, 3.05) is 26.2 Å². The van der Waals surface area contributed by atoms with Gasteiger partial charge in [-0.05, 0) is 39.5 Å². The van der Waals surface area contributed by atoms with Crippen LogP contribution < -0.4 is 16.4 Å². The number of carbonyl (C=O) groups excluding carboxylic acids is 1. The summed E-state index contributed by atoms with van der Waals surface area (Å²) in [4.78, 5) is 14.8. The van der Waals surface area contributed by atoms with Crippen LogP contribution in [0.3, 0.4) is 0 Å². The second kappa shape index (κ2) is 6.20. The Labute approximate surface area is 116 Å². The third kappa shape index (κ3) is 3.68. The summed E-state index contributed by atoms with van der Waals surface area (Å²) in [6.07, 6.45) is 4.09. The maximum atomic E-state index is 12.5. The normalized spacial score (nSPS) is 30.1. The molecule has 0 aromatic heterocycles. The molecule has 1 amide bonds. The van der Waals surface area contributed by atoms with Gasteiger partial charge >= 0.3 is 0 Å². The van der Waals surface area contributed by atoms with Crippen LogP contribution in [0.1, 0.15) is 39.5 Å². The molecule has 5 nitrogen and oxygen atoms in total. The first-order valence-electron chi connectivity index (χ1n) is 7.52. The Balaban J connectivity index is 1.87. The molecule has 1 saturated heterocycles. The fourth-order valence-electron chi connectivity index (χ4n) is 2.99. The van der Waals surface area contributed by atoms with Crippen molar-refractivity contribution in [2.24, 2.45) is 5.73 Å². The zero-order valence-corrected chi connectivity index (χ0v) is 12.2. The van der Waals surface area contributed by atoms with Crippen LogP contribution in [0.2, 0.25) is 0 Å². The third-order valence-corrected chi connectivity index (χ3v) is 4.57. The molecule has 0 aromatic rings. The van der Waals surface area contributed by atoms with Crippen LogP contribution in [-0.2, 0) is 4.79 Å². The highest BCUT2D eigenvalue weighted by Gasteiger charge is 2.36. The van der Waals surface area contributed by atoms with E-state index in [0.29, 0.717) is 12.1 Å². The first-order chi connectivity index (χ1) is 9.00. The van der Waals surface area contributed by atoms with E-state index in [9.17, 15) is 4.79 Å². The Morgan fingerprint density at radius 2 is 1.79 bits per heavy atom. The van der Waals surface area contributed by atoms with E-state index in [1.807, 2.05) is 13.8 Å². The van der Waals surface area contributed by atoms with Crippen molar-refractivity contribution in [3.63, 3.8) is 0 Å². The predicted molar refractivity (Wildman–Crippen MR) is 76.9 cm³/mol. The molecule has 2 rings (SSSR count). The van der Waals surface area contributed by atoms with E-state index in [-0.39, 0.29) is 5.91 Å². The van der Waals surface area contributed by atoms with Gasteiger partial charge in [0.05, 0.1) is 5.54 Å². The molecule has 110 valence electrons. The molecule has 0 atom stereocenters. The van der Waals surface area contributed by atoms with Gasteiger partial charge in [-0.1, -0.05) is 0 Å². The van der Waals surface area contributed by atoms with E-state index < -0.39 is 5.54 Å².